The SMILES string of the molecule is CCc1cc(C)cc(C)c1-c1c(O)cc(CCSc2ccc(C)cc2)oc1=O. The molecule has 3 rings (SSSR count). The van der Waals surface area contributed by atoms with Gasteiger partial charge in [0, 0.05) is 23.1 Å². The van der Waals surface area contributed by atoms with Gasteiger partial charge in [0.25, 0.3) is 0 Å². The van der Waals surface area contributed by atoms with Crippen molar-refractivity contribution in [2.75, 3.05) is 5.75 Å². The van der Waals surface area contributed by atoms with E-state index < -0.39 is 5.63 Å². The van der Waals surface area contributed by atoms with Crippen LogP contribution in [0.1, 0.15) is 34.9 Å². The average molecular weight is 395 g/mol. The quantitative estimate of drug-likeness (QED) is 0.534. The Morgan fingerprint density at radius 1 is 0.964 bits per heavy atom. The Bertz CT molecular complexity index is 1030. The Morgan fingerprint density at radius 2 is 1.68 bits per heavy atom. The lowest BCUT2D eigenvalue weighted by Crippen LogP contribution is -2.08. The molecule has 1 heterocycles. The molecule has 0 unspecified atom stereocenters. The van der Waals surface area contributed by atoms with Gasteiger partial charge in [-0.2, -0.15) is 0 Å². The molecule has 0 aliphatic heterocycles. The minimum atomic E-state index is -0.475. The number of aryl methyl sites for hydroxylation is 5. The second-order valence-electron chi connectivity index (χ2n) is 7.14. The van der Waals surface area contributed by atoms with Crippen LogP contribution in [0.2, 0.25) is 0 Å². The molecular weight excluding hydrogens is 368 g/mol. The minimum absolute atomic E-state index is 0.00626. The molecule has 0 fully saturated rings. The third-order valence-electron chi connectivity index (χ3n) is 4.81. The fraction of sp³-hybridized carbons (Fsp3) is 0.292. The molecule has 0 atom stereocenters. The van der Waals surface area contributed by atoms with Gasteiger partial charge in [0.05, 0.1) is 0 Å². The zero-order valence-electron chi connectivity index (χ0n) is 16.8. The minimum Gasteiger partial charge on any atom is -0.507 e. The van der Waals surface area contributed by atoms with Crippen LogP contribution in [0.25, 0.3) is 11.1 Å². The molecule has 2 aromatic carbocycles. The smallest absolute Gasteiger partial charge is 0.347 e. The maximum atomic E-state index is 12.7. The number of hydrogen-bond donors (Lipinski definition) is 1. The molecule has 0 saturated heterocycles. The van der Waals surface area contributed by atoms with E-state index in [1.807, 2.05) is 26.8 Å². The van der Waals surface area contributed by atoms with Crippen molar-refractivity contribution >= 4 is 11.8 Å². The molecule has 0 spiro atoms. The molecule has 1 N–H and O–H groups in total. The highest BCUT2D eigenvalue weighted by atomic mass is 32.2. The molecular formula is C24H26O3S. The van der Waals surface area contributed by atoms with Crippen LogP contribution in [-0.4, -0.2) is 10.9 Å². The van der Waals surface area contributed by atoms with E-state index in [0.717, 1.165) is 34.4 Å². The second kappa shape index (κ2) is 8.70. The highest BCUT2D eigenvalue weighted by Crippen LogP contribution is 2.33. The summed E-state index contributed by atoms with van der Waals surface area (Å²) < 4.78 is 5.56. The van der Waals surface area contributed by atoms with Crippen LogP contribution < -0.4 is 5.63 Å². The number of aromatic hydroxyl groups is 1. The summed E-state index contributed by atoms with van der Waals surface area (Å²) in [5.41, 5.74) is 4.98. The van der Waals surface area contributed by atoms with Gasteiger partial charge >= 0.3 is 5.63 Å². The number of hydrogen-bond acceptors (Lipinski definition) is 4. The lowest BCUT2D eigenvalue weighted by molar-refractivity contribution is 0.430. The first-order valence-electron chi connectivity index (χ1n) is 9.55. The Morgan fingerprint density at radius 3 is 2.32 bits per heavy atom. The topological polar surface area (TPSA) is 50.4 Å². The van der Waals surface area contributed by atoms with Gasteiger partial charge in [0.15, 0.2) is 0 Å². The van der Waals surface area contributed by atoms with E-state index >= 15 is 0 Å². The first kappa shape index (κ1) is 20.3. The summed E-state index contributed by atoms with van der Waals surface area (Å²) >= 11 is 1.70. The van der Waals surface area contributed by atoms with Gasteiger partial charge < -0.3 is 9.52 Å². The van der Waals surface area contributed by atoms with Crippen molar-refractivity contribution in [3.63, 3.8) is 0 Å². The van der Waals surface area contributed by atoms with Crippen LogP contribution >= 0.6 is 11.8 Å². The summed E-state index contributed by atoms with van der Waals surface area (Å²) in [5.74, 6) is 1.27. The van der Waals surface area contributed by atoms with Crippen molar-refractivity contribution in [2.45, 2.75) is 45.4 Å². The number of rotatable bonds is 6. The molecule has 0 amide bonds. The summed E-state index contributed by atoms with van der Waals surface area (Å²) in [6.07, 6.45) is 1.36. The lowest BCUT2D eigenvalue weighted by atomic mass is 9.92. The summed E-state index contributed by atoms with van der Waals surface area (Å²) in [5, 5.41) is 10.6. The Hall–Kier alpha value is -2.46. The van der Waals surface area contributed by atoms with Gasteiger partial charge in [-0.1, -0.05) is 42.3 Å². The van der Waals surface area contributed by atoms with Gasteiger partial charge in [-0.25, -0.2) is 4.79 Å². The normalized spacial score (nSPS) is 11.0. The van der Waals surface area contributed by atoms with Gasteiger partial charge in [-0.15, -0.1) is 11.8 Å². The molecule has 0 bridgehead atoms. The molecule has 3 nitrogen and oxygen atoms in total. The van der Waals surface area contributed by atoms with E-state index in [1.165, 1.54) is 10.5 Å². The molecule has 146 valence electrons. The Kier molecular flexibility index (Phi) is 6.30. The zero-order valence-corrected chi connectivity index (χ0v) is 17.7. The lowest BCUT2D eigenvalue weighted by Gasteiger charge is -2.14. The summed E-state index contributed by atoms with van der Waals surface area (Å²) in [6, 6.07) is 14.0. The summed E-state index contributed by atoms with van der Waals surface area (Å²) in [7, 11) is 0. The molecule has 1 aromatic heterocycles. The van der Waals surface area contributed by atoms with Gasteiger partial charge in [0.2, 0.25) is 0 Å². The standard InChI is InChI=1S/C24H26O3S/c1-5-18-13-16(3)12-17(4)22(18)23-21(25)14-19(27-24(23)26)10-11-28-20-8-6-15(2)7-9-20/h6-9,12-14,25H,5,10-11H2,1-4H3. The highest BCUT2D eigenvalue weighted by molar-refractivity contribution is 7.99. The summed E-state index contributed by atoms with van der Waals surface area (Å²) in [6.45, 7) is 8.11. The van der Waals surface area contributed by atoms with E-state index in [0.29, 0.717) is 12.2 Å². The van der Waals surface area contributed by atoms with Crippen LogP contribution in [0.5, 0.6) is 5.75 Å². The van der Waals surface area contributed by atoms with Gasteiger partial charge in [-0.05, 0) is 56.0 Å². The fourth-order valence-corrected chi connectivity index (χ4v) is 4.35. The highest BCUT2D eigenvalue weighted by Gasteiger charge is 2.18. The predicted octanol–water partition coefficient (Wildman–Crippen LogP) is 5.83. The molecule has 0 radical (unpaired) electrons. The van der Waals surface area contributed by atoms with Crippen molar-refractivity contribution in [1.82, 2.24) is 0 Å². The van der Waals surface area contributed by atoms with E-state index in [-0.39, 0.29) is 11.3 Å². The van der Waals surface area contributed by atoms with Crippen LogP contribution in [-0.2, 0) is 12.8 Å². The Balaban J connectivity index is 1.84. The first-order valence-corrected chi connectivity index (χ1v) is 10.5. The van der Waals surface area contributed by atoms with Crippen LogP contribution in [0.15, 0.2) is 56.6 Å². The molecule has 3 aromatic rings. The van der Waals surface area contributed by atoms with Crippen LogP contribution in [0, 0.1) is 20.8 Å². The van der Waals surface area contributed by atoms with E-state index in [2.05, 4.69) is 37.3 Å². The van der Waals surface area contributed by atoms with E-state index in [4.69, 9.17) is 4.42 Å². The second-order valence-corrected chi connectivity index (χ2v) is 8.31. The molecule has 4 heteroatoms. The van der Waals surface area contributed by atoms with E-state index in [1.54, 1.807) is 17.8 Å². The van der Waals surface area contributed by atoms with Crippen LogP contribution in [0.3, 0.4) is 0 Å². The third-order valence-corrected chi connectivity index (χ3v) is 5.83. The predicted molar refractivity (Wildman–Crippen MR) is 117 cm³/mol. The van der Waals surface area contributed by atoms with Gasteiger partial charge in [-0.3, -0.25) is 0 Å². The fourth-order valence-electron chi connectivity index (χ4n) is 3.48. The van der Waals surface area contributed by atoms with Crippen molar-refractivity contribution < 1.29 is 9.52 Å². The molecule has 0 aliphatic rings. The first-order chi connectivity index (χ1) is 13.4. The number of thioether (sulfide) groups is 1. The van der Waals surface area contributed by atoms with Crippen molar-refractivity contribution in [3.8, 4) is 16.9 Å². The average Bonchev–Trinajstić information content (AvgIpc) is 2.64. The maximum absolute atomic E-state index is 12.7. The molecule has 0 saturated carbocycles. The molecule has 0 aliphatic carbocycles. The van der Waals surface area contributed by atoms with Crippen LogP contribution in [0.4, 0.5) is 0 Å². The summed E-state index contributed by atoms with van der Waals surface area (Å²) in [4.78, 5) is 13.9. The Labute approximate surface area is 170 Å². The third kappa shape index (κ3) is 4.50. The van der Waals surface area contributed by atoms with Gasteiger partial charge in [0.1, 0.15) is 17.1 Å². The van der Waals surface area contributed by atoms with E-state index in [9.17, 15) is 9.90 Å². The largest absolute Gasteiger partial charge is 0.507 e. The monoisotopic (exact) mass is 394 g/mol. The van der Waals surface area contributed by atoms with Crippen molar-refractivity contribution in [3.05, 3.63) is 80.9 Å². The number of benzene rings is 2. The zero-order chi connectivity index (χ0) is 20.3. The maximum Gasteiger partial charge on any atom is 0.347 e. The van der Waals surface area contributed by atoms with Crippen molar-refractivity contribution in [1.29, 1.82) is 0 Å². The molecule has 28 heavy (non-hydrogen) atoms. The van der Waals surface area contributed by atoms with Crippen molar-refractivity contribution in [2.24, 2.45) is 0 Å².